The first-order valence-corrected chi connectivity index (χ1v) is 10.4. The fraction of sp³-hybridized carbons (Fsp3) is 0.458. The summed E-state index contributed by atoms with van der Waals surface area (Å²) in [6.45, 7) is 2.17. The summed E-state index contributed by atoms with van der Waals surface area (Å²) in [6.07, 6.45) is 11.3. The lowest BCUT2D eigenvalue weighted by Gasteiger charge is -2.07. The van der Waals surface area contributed by atoms with E-state index in [0.717, 1.165) is 35.7 Å². The van der Waals surface area contributed by atoms with Crippen LogP contribution in [0, 0.1) is 0 Å². The number of unbranched alkanes of at least 4 members (excludes halogenated alkanes) is 3. The molecule has 1 aromatic carbocycles. The number of pyridine rings is 1. The van der Waals surface area contributed by atoms with Crippen LogP contribution in [0.15, 0.2) is 36.5 Å². The Labute approximate surface area is 172 Å². The molecule has 0 aliphatic heterocycles. The summed E-state index contributed by atoms with van der Waals surface area (Å²) in [6, 6.07) is 7.33. The number of hydrogen-bond donors (Lipinski definition) is 1. The second kappa shape index (κ2) is 12.1. The van der Waals surface area contributed by atoms with Gasteiger partial charge in [0.15, 0.2) is 5.78 Å². The molecule has 2 aromatic rings. The van der Waals surface area contributed by atoms with Gasteiger partial charge in [0.1, 0.15) is 0 Å². The molecule has 2 rings (SSSR count). The molecule has 1 unspecified atom stereocenters. The Balaban J connectivity index is 2.07. The van der Waals surface area contributed by atoms with Gasteiger partial charge in [-0.3, -0.25) is 14.6 Å². The molecule has 1 heterocycles. The predicted octanol–water partition coefficient (Wildman–Crippen LogP) is 5.11. The van der Waals surface area contributed by atoms with Crippen molar-refractivity contribution in [2.24, 2.45) is 0 Å². The fourth-order valence-corrected chi connectivity index (χ4v) is 3.22. The molecule has 1 atom stereocenters. The lowest BCUT2D eigenvalue weighted by Crippen LogP contribution is -2.04. The van der Waals surface area contributed by atoms with E-state index in [9.17, 15) is 14.7 Å². The summed E-state index contributed by atoms with van der Waals surface area (Å²) in [5.41, 5.74) is 2.33. The Morgan fingerprint density at radius 2 is 1.97 bits per heavy atom. The van der Waals surface area contributed by atoms with Crippen LogP contribution >= 0.6 is 0 Å². The van der Waals surface area contributed by atoms with Crippen molar-refractivity contribution < 1.29 is 19.4 Å². The molecule has 5 heteroatoms. The van der Waals surface area contributed by atoms with Gasteiger partial charge in [-0.15, -0.1) is 0 Å². The zero-order chi connectivity index (χ0) is 21.1. The van der Waals surface area contributed by atoms with Crippen molar-refractivity contribution in [2.75, 3.05) is 7.11 Å². The van der Waals surface area contributed by atoms with Gasteiger partial charge < -0.3 is 9.84 Å². The molecule has 0 spiro atoms. The number of benzene rings is 1. The van der Waals surface area contributed by atoms with E-state index in [2.05, 4.69) is 16.6 Å². The number of fused-ring (bicyclic) bond motifs is 1. The summed E-state index contributed by atoms with van der Waals surface area (Å²) in [5, 5.41) is 11.1. The molecule has 1 N–H and O–H groups in total. The van der Waals surface area contributed by atoms with E-state index in [1.54, 1.807) is 12.3 Å². The number of methoxy groups -OCH3 is 1. The standard InChI is InChI=1S/C24H31NO4/c1-3-4-5-6-8-20(26)13-11-18-15-16-25-22-14-12-19(17-21(18)22)23(27)9-7-10-24(28)29-2/h11-17,20,26H,3-10H2,1-2H3/b13-11+. The van der Waals surface area contributed by atoms with E-state index in [1.165, 1.54) is 20.0 Å². The van der Waals surface area contributed by atoms with Gasteiger partial charge in [-0.1, -0.05) is 44.8 Å². The quantitative estimate of drug-likeness (QED) is 0.306. The summed E-state index contributed by atoms with van der Waals surface area (Å²) in [5.74, 6) is -0.313. The zero-order valence-corrected chi connectivity index (χ0v) is 17.4. The first-order chi connectivity index (χ1) is 14.0. The van der Waals surface area contributed by atoms with Gasteiger partial charge >= 0.3 is 5.97 Å². The van der Waals surface area contributed by atoms with Crippen LogP contribution in [0.3, 0.4) is 0 Å². The van der Waals surface area contributed by atoms with Gasteiger partial charge in [-0.05, 0) is 42.7 Å². The normalized spacial score (nSPS) is 12.4. The van der Waals surface area contributed by atoms with Gasteiger partial charge in [-0.25, -0.2) is 0 Å². The van der Waals surface area contributed by atoms with Crippen molar-refractivity contribution in [3.05, 3.63) is 47.7 Å². The van der Waals surface area contributed by atoms with Crippen molar-refractivity contribution in [2.45, 2.75) is 64.4 Å². The largest absolute Gasteiger partial charge is 0.469 e. The van der Waals surface area contributed by atoms with Crippen molar-refractivity contribution in [1.29, 1.82) is 0 Å². The maximum absolute atomic E-state index is 12.5. The van der Waals surface area contributed by atoms with Crippen molar-refractivity contribution in [3.8, 4) is 0 Å². The lowest BCUT2D eigenvalue weighted by molar-refractivity contribution is -0.140. The molecular weight excluding hydrogens is 366 g/mol. The van der Waals surface area contributed by atoms with Crippen LogP contribution in [-0.2, 0) is 9.53 Å². The first kappa shape index (κ1) is 22.8. The summed E-state index contributed by atoms with van der Waals surface area (Å²) >= 11 is 0. The monoisotopic (exact) mass is 397 g/mol. The average molecular weight is 398 g/mol. The molecule has 29 heavy (non-hydrogen) atoms. The summed E-state index contributed by atoms with van der Waals surface area (Å²) in [4.78, 5) is 28.0. The van der Waals surface area contributed by atoms with E-state index in [0.29, 0.717) is 18.4 Å². The Kier molecular flexibility index (Phi) is 9.51. The number of carbonyl (C=O) groups excluding carboxylic acids is 2. The number of Topliss-reactive ketones (excluding diaryl/α,β-unsaturated/α-hetero) is 1. The highest BCUT2D eigenvalue weighted by molar-refractivity contribution is 6.01. The predicted molar refractivity (Wildman–Crippen MR) is 116 cm³/mol. The molecular formula is C24H31NO4. The SMILES string of the molecule is CCCCCCC(O)/C=C/c1ccnc2ccc(C(=O)CCCC(=O)OC)cc12. The van der Waals surface area contributed by atoms with Crippen molar-refractivity contribution in [3.63, 3.8) is 0 Å². The fourth-order valence-electron chi connectivity index (χ4n) is 3.22. The molecule has 156 valence electrons. The zero-order valence-electron chi connectivity index (χ0n) is 17.4. The number of aromatic nitrogens is 1. The topological polar surface area (TPSA) is 76.5 Å². The minimum absolute atomic E-state index is 0.00876. The number of carbonyl (C=O) groups is 2. The lowest BCUT2D eigenvalue weighted by atomic mass is 10.0. The highest BCUT2D eigenvalue weighted by atomic mass is 16.5. The smallest absolute Gasteiger partial charge is 0.305 e. The molecule has 5 nitrogen and oxygen atoms in total. The second-order valence-corrected chi connectivity index (χ2v) is 7.26. The maximum Gasteiger partial charge on any atom is 0.305 e. The molecule has 0 bridgehead atoms. The number of hydrogen-bond acceptors (Lipinski definition) is 5. The number of aliphatic hydroxyl groups excluding tert-OH is 1. The van der Waals surface area contributed by atoms with Gasteiger partial charge in [-0.2, -0.15) is 0 Å². The molecule has 0 radical (unpaired) electrons. The Morgan fingerprint density at radius 1 is 1.14 bits per heavy atom. The minimum Gasteiger partial charge on any atom is -0.469 e. The first-order valence-electron chi connectivity index (χ1n) is 10.4. The van der Waals surface area contributed by atoms with E-state index in [-0.39, 0.29) is 18.2 Å². The van der Waals surface area contributed by atoms with Gasteiger partial charge in [0.05, 0.1) is 18.7 Å². The van der Waals surface area contributed by atoms with Crippen LogP contribution in [0.4, 0.5) is 0 Å². The summed E-state index contributed by atoms with van der Waals surface area (Å²) in [7, 11) is 1.34. The maximum atomic E-state index is 12.5. The van der Waals surface area contributed by atoms with E-state index >= 15 is 0 Å². The second-order valence-electron chi connectivity index (χ2n) is 7.26. The van der Waals surface area contributed by atoms with Crippen molar-refractivity contribution in [1.82, 2.24) is 4.98 Å². The Morgan fingerprint density at radius 3 is 2.72 bits per heavy atom. The van der Waals surface area contributed by atoms with Crippen LogP contribution in [0.2, 0.25) is 0 Å². The molecule has 0 aliphatic carbocycles. The molecule has 0 aliphatic rings. The van der Waals surface area contributed by atoms with Crippen molar-refractivity contribution >= 4 is 28.7 Å². The van der Waals surface area contributed by atoms with Crippen LogP contribution < -0.4 is 0 Å². The third-order valence-corrected chi connectivity index (χ3v) is 4.96. The van der Waals surface area contributed by atoms with E-state index in [4.69, 9.17) is 0 Å². The molecule has 0 amide bonds. The van der Waals surface area contributed by atoms with Gasteiger partial charge in [0, 0.05) is 30.0 Å². The average Bonchev–Trinajstić information content (AvgIpc) is 2.74. The molecule has 0 saturated heterocycles. The Hall–Kier alpha value is -2.53. The third-order valence-electron chi connectivity index (χ3n) is 4.96. The minimum atomic E-state index is -0.474. The van der Waals surface area contributed by atoms with Crippen LogP contribution in [0.5, 0.6) is 0 Å². The molecule has 0 saturated carbocycles. The number of esters is 1. The number of rotatable bonds is 12. The molecule has 0 fully saturated rings. The third kappa shape index (κ3) is 7.42. The number of ether oxygens (including phenoxy) is 1. The van der Waals surface area contributed by atoms with Gasteiger partial charge in [0.2, 0.25) is 0 Å². The van der Waals surface area contributed by atoms with Gasteiger partial charge in [0.25, 0.3) is 0 Å². The summed E-state index contributed by atoms with van der Waals surface area (Å²) < 4.78 is 4.61. The van der Waals surface area contributed by atoms with E-state index < -0.39 is 6.10 Å². The van der Waals surface area contributed by atoms with E-state index in [1.807, 2.05) is 30.4 Å². The van der Waals surface area contributed by atoms with Crippen LogP contribution in [0.25, 0.3) is 17.0 Å². The highest BCUT2D eigenvalue weighted by Crippen LogP contribution is 2.21. The van der Waals surface area contributed by atoms with Crippen LogP contribution in [-0.4, -0.2) is 35.1 Å². The Bertz CT molecular complexity index is 844. The highest BCUT2D eigenvalue weighted by Gasteiger charge is 2.10. The molecule has 1 aromatic heterocycles. The number of nitrogens with zero attached hydrogens (tertiary/aromatic N) is 1. The van der Waals surface area contributed by atoms with Crippen LogP contribution in [0.1, 0.15) is 74.2 Å². The number of ketones is 1. The number of aliphatic hydroxyl groups is 1.